The van der Waals surface area contributed by atoms with Crippen molar-refractivity contribution < 1.29 is 8.42 Å². The summed E-state index contributed by atoms with van der Waals surface area (Å²) >= 11 is 1.60. The van der Waals surface area contributed by atoms with Crippen molar-refractivity contribution in [2.45, 2.75) is 13.0 Å². The lowest BCUT2D eigenvalue weighted by atomic mass is 9.90. The van der Waals surface area contributed by atoms with Crippen molar-refractivity contribution in [3.8, 4) is 0 Å². The van der Waals surface area contributed by atoms with Crippen molar-refractivity contribution in [3.05, 3.63) is 40.9 Å². The average molecular weight is 364 g/mol. The van der Waals surface area contributed by atoms with Gasteiger partial charge in [-0.3, -0.25) is 0 Å². The Morgan fingerprint density at radius 2 is 1.88 bits per heavy atom. The molecule has 2 fully saturated rings. The third-order valence-electron chi connectivity index (χ3n) is 4.97. The maximum Gasteiger partial charge on any atom is 0.211 e. The summed E-state index contributed by atoms with van der Waals surface area (Å²) in [6.45, 7) is 4.20. The van der Waals surface area contributed by atoms with E-state index in [-0.39, 0.29) is 12.0 Å². The highest BCUT2D eigenvalue weighted by atomic mass is 32.2. The van der Waals surface area contributed by atoms with Gasteiger partial charge in [0, 0.05) is 25.6 Å². The van der Waals surface area contributed by atoms with Crippen LogP contribution in [0, 0.1) is 18.8 Å². The minimum absolute atomic E-state index is 0.0924. The lowest BCUT2D eigenvalue weighted by Crippen LogP contribution is -2.35. The molecule has 0 spiro atoms. The van der Waals surface area contributed by atoms with E-state index in [0.717, 1.165) is 28.8 Å². The second-order valence-corrected chi connectivity index (χ2v) is 9.72. The van der Waals surface area contributed by atoms with Crippen molar-refractivity contribution in [2.75, 3.05) is 30.8 Å². The smallest absolute Gasteiger partial charge is 0.211 e. The number of aryl methyl sites for hydroxylation is 1. The first-order valence-electron chi connectivity index (χ1n) is 8.00. The molecule has 0 aliphatic carbocycles. The summed E-state index contributed by atoms with van der Waals surface area (Å²) in [5.41, 5.74) is 1.07. The van der Waals surface area contributed by atoms with Crippen LogP contribution in [-0.2, 0) is 10.0 Å². The zero-order chi connectivity index (χ0) is 16.9. The number of rotatable bonds is 3. The minimum Gasteiger partial charge on any atom is -0.346 e. The van der Waals surface area contributed by atoms with E-state index in [1.807, 2.05) is 37.3 Å². The molecule has 24 heavy (non-hydrogen) atoms. The van der Waals surface area contributed by atoms with Gasteiger partial charge in [0.15, 0.2) is 0 Å². The van der Waals surface area contributed by atoms with Crippen LogP contribution in [0.2, 0.25) is 0 Å². The van der Waals surface area contributed by atoms with Crippen molar-refractivity contribution >= 4 is 26.5 Å². The molecule has 0 radical (unpaired) electrons. The number of aromatic nitrogens is 2. The molecule has 3 heterocycles. The Morgan fingerprint density at radius 1 is 1.12 bits per heavy atom. The normalized spacial score (nSPS) is 27.6. The highest BCUT2D eigenvalue weighted by molar-refractivity contribution is 7.88. The number of nitrogens with zero attached hydrogens (tertiary/aromatic N) is 4. The summed E-state index contributed by atoms with van der Waals surface area (Å²) in [5, 5.41) is 10.3. The molecule has 0 bridgehead atoms. The summed E-state index contributed by atoms with van der Waals surface area (Å²) in [7, 11) is -3.23. The third kappa shape index (κ3) is 2.72. The summed E-state index contributed by atoms with van der Waals surface area (Å²) in [4.78, 5) is 2.26. The van der Waals surface area contributed by atoms with Crippen LogP contribution in [0.4, 0.5) is 5.13 Å². The number of sulfonamides is 1. The molecule has 0 N–H and O–H groups in total. The van der Waals surface area contributed by atoms with Gasteiger partial charge in [-0.05, 0) is 18.4 Å². The molecule has 1 aromatic heterocycles. The Morgan fingerprint density at radius 3 is 2.50 bits per heavy atom. The number of hydrogen-bond acceptors (Lipinski definition) is 6. The molecule has 0 amide bonds. The van der Waals surface area contributed by atoms with Gasteiger partial charge in [0.1, 0.15) is 5.01 Å². The molecule has 6 nitrogen and oxygen atoms in total. The van der Waals surface area contributed by atoms with Crippen molar-refractivity contribution in [1.29, 1.82) is 0 Å². The molecular weight excluding hydrogens is 344 g/mol. The number of anilines is 1. The number of hydrogen-bond donors (Lipinski definition) is 0. The topological polar surface area (TPSA) is 66.4 Å². The van der Waals surface area contributed by atoms with Crippen molar-refractivity contribution in [3.63, 3.8) is 0 Å². The van der Waals surface area contributed by atoms with Gasteiger partial charge in [-0.15, -0.1) is 10.2 Å². The lowest BCUT2D eigenvalue weighted by Gasteiger charge is -2.28. The molecule has 2 aromatic rings. The monoisotopic (exact) mass is 364 g/mol. The predicted octanol–water partition coefficient (Wildman–Crippen LogP) is 1.92. The van der Waals surface area contributed by atoms with Gasteiger partial charge in [0.25, 0.3) is 0 Å². The van der Waals surface area contributed by atoms with Gasteiger partial charge in [0.05, 0.1) is 12.3 Å². The largest absolute Gasteiger partial charge is 0.346 e. The first kappa shape index (κ1) is 16.0. The van der Waals surface area contributed by atoms with Crippen LogP contribution >= 0.6 is 11.3 Å². The minimum atomic E-state index is -3.23. The molecule has 1 aromatic carbocycles. The number of fused-ring (bicyclic) bond motifs is 1. The van der Waals surface area contributed by atoms with E-state index in [2.05, 4.69) is 15.1 Å². The lowest BCUT2D eigenvalue weighted by molar-refractivity contribution is 0.352. The molecule has 2 saturated heterocycles. The fraction of sp³-hybridized carbons (Fsp3) is 0.500. The van der Waals surface area contributed by atoms with Gasteiger partial charge in [-0.25, -0.2) is 8.42 Å². The van der Waals surface area contributed by atoms with E-state index >= 15 is 0 Å². The standard InChI is InChI=1S/C16H20N4O2S2/c1-11-17-18-16(23-11)19-8-13-9-20(24(2,21)22)15(14(13)10-19)12-6-4-3-5-7-12/h3-7,13-15H,8-10H2,1-2H3/t13-,14-,15+/m1/s1. The zero-order valence-electron chi connectivity index (χ0n) is 13.7. The molecule has 4 rings (SSSR count). The van der Waals surface area contributed by atoms with Crippen LogP contribution in [0.25, 0.3) is 0 Å². The maximum atomic E-state index is 12.3. The molecule has 3 atom stereocenters. The quantitative estimate of drug-likeness (QED) is 0.832. The Labute approximate surface area is 146 Å². The molecule has 2 aliphatic heterocycles. The van der Waals surface area contributed by atoms with Crippen LogP contribution < -0.4 is 4.90 Å². The average Bonchev–Trinajstić information content (AvgIpc) is 3.20. The Kier molecular flexibility index (Phi) is 3.85. The SMILES string of the molecule is Cc1nnc(N2C[C@@H]3CN(S(C)(=O)=O)[C@@H](c4ccccc4)[C@@H]3C2)s1. The van der Waals surface area contributed by atoms with E-state index < -0.39 is 10.0 Å². The van der Waals surface area contributed by atoms with Gasteiger partial charge in [0.2, 0.25) is 15.2 Å². The van der Waals surface area contributed by atoms with Crippen LogP contribution in [0.15, 0.2) is 30.3 Å². The Hall–Kier alpha value is -1.51. The van der Waals surface area contributed by atoms with E-state index in [0.29, 0.717) is 12.5 Å². The van der Waals surface area contributed by atoms with Gasteiger partial charge in [-0.1, -0.05) is 41.7 Å². The summed E-state index contributed by atoms with van der Waals surface area (Å²) in [6.07, 6.45) is 1.32. The Bertz CT molecular complexity index is 837. The third-order valence-corrected chi connectivity index (χ3v) is 7.10. The second-order valence-electron chi connectivity index (χ2n) is 6.62. The highest BCUT2D eigenvalue weighted by Crippen LogP contribution is 2.47. The van der Waals surface area contributed by atoms with E-state index in [1.54, 1.807) is 15.6 Å². The van der Waals surface area contributed by atoms with Crippen molar-refractivity contribution in [2.24, 2.45) is 11.8 Å². The molecule has 2 aliphatic rings. The molecular formula is C16H20N4O2S2. The van der Waals surface area contributed by atoms with Crippen LogP contribution in [0.5, 0.6) is 0 Å². The number of benzene rings is 1. The molecule has 8 heteroatoms. The van der Waals surface area contributed by atoms with E-state index in [9.17, 15) is 8.42 Å². The predicted molar refractivity (Wildman–Crippen MR) is 94.6 cm³/mol. The molecule has 0 unspecified atom stereocenters. The van der Waals surface area contributed by atoms with Gasteiger partial charge < -0.3 is 4.90 Å². The van der Waals surface area contributed by atoms with Gasteiger partial charge in [-0.2, -0.15) is 4.31 Å². The first-order chi connectivity index (χ1) is 11.4. The van der Waals surface area contributed by atoms with Gasteiger partial charge >= 0.3 is 0 Å². The summed E-state index contributed by atoms with van der Waals surface area (Å²) in [6, 6.07) is 9.89. The fourth-order valence-corrected chi connectivity index (χ4v) is 5.84. The van der Waals surface area contributed by atoms with Crippen LogP contribution in [0.3, 0.4) is 0 Å². The van der Waals surface area contributed by atoms with Crippen LogP contribution in [0.1, 0.15) is 16.6 Å². The maximum absolute atomic E-state index is 12.3. The van der Waals surface area contributed by atoms with Crippen molar-refractivity contribution in [1.82, 2.24) is 14.5 Å². The first-order valence-corrected chi connectivity index (χ1v) is 10.7. The molecule has 128 valence electrons. The highest BCUT2D eigenvalue weighted by Gasteiger charge is 2.50. The fourth-order valence-electron chi connectivity index (χ4n) is 3.98. The Balaban J connectivity index is 1.66. The second kappa shape index (κ2) is 5.79. The molecule has 0 saturated carbocycles. The zero-order valence-corrected chi connectivity index (χ0v) is 15.3. The van der Waals surface area contributed by atoms with E-state index in [4.69, 9.17) is 0 Å². The van der Waals surface area contributed by atoms with E-state index in [1.165, 1.54) is 6.26 Å². The van der Waals surface area contributed by atoms with Crippen LogP contribution in [-0.4, -0.2) is 48.8 Å². The summed E-state index contributed by atoms with van der Waals surface area (Å²) in [5.74, 6) is 0.612. The summed E-state index contributed by atoms with van der Waals surface area (Å²) < 4.78 is 26.3.